The summed E-state index contributed by atoms with van der Waals surface area (Å²) in [6.45, 7) is 3.78. The van der Waals surface area contributed by atoms with Crippen molar-refractivity contribution in [1.29, 1.82) is 0 Å². The number of hydrogen-bond acceptors (Lipinski definition) is 6. The minimum atomic E-state index is 0.476. The lowest BCUT2D eigenvalue weighted by atomic mass is 10.2. The molecule has 21 heavy (non-hydrogen) atoms. The fourth-order valence-electron chi connectivity index (χ4n) is 1.81. The maximum absolute atomic E-state index is 5.34. The van der Waals surface area contributed by atoms with E-state index in [0.717, 1.165) is 16.8 Å². The van der Waals surface area contributed by atoms with Crippen molar-refractivity contribution in [2.24, 2.45) is 4.99 Å². The molecule has 0 aliphatic heterocycles. The smallest absolute Gasteiger partial charge is 0.253 e. The average Bonchev–Trinajstić information content (AvgIpc) is 2.83. The molecule has 2 rings (SSSR count). The zero-order valence-electron chi connectivity index (χ0n) is 12.8. The van der Waals surface area contributed by atoms with E-state index >= 15 is 0 Å². The Morgan fingerprint density at radius 2 is 1.62 bits per heavy atom. The van der Waals surface area contributed by atoms with Crippen LogP contribution in [0.25, 0.3) is 0 Å². The summed E-state index contributed by atoms with van der Waals surface area (Å²) in [6.07, 6.45) is 1.65. The molecule has 0 bridgehead atoms. The van der Waals surface area contributed by atoms with Crippen LogP contribution in [0.15, 0.2) is 21.6 Å². The van der Waals surface area contributed by atoms with Crippen molar-refractivity contribution < 1.29 is 18.7 Å². The molecule has 112 valence electrons. The number of nitrogens with zero attached hydrogens (tertiary/aromatic N) is 2. The largest absolute Gasteiger partial charge is 0.496 e. The Morgan fingerprint density at radius 3 is 2.14 bits per heavy atom. The molecule has 0 unspecified atom stereocenters. The molecule has 1 aromatic heterocycles. The topological polar surface area (TPSA) is 66.1 Å². The van der Waals surface area contributed by atoms with E-state index in [-0.39, 0.29) is 0 Å². The van der Waals surface area contributed by atoms with Gasteiger partial charge in [0.15, 0.2) is 11.5 Å². The van der Waals surface area contributed by atoms with Crippen molar-refractivity contribution in [3.63, 3.8) is 0 Å². The minimum Gasteiger partial charge on any atom is -0.496 e. The van der Waals surface area contributed by atoms with Crippen LogP contribution < -0.4 is 14.2 Å². The molecule has 0 fully saturated rings. The van der Waals surface area contributed by atoms with Crippen LogP contribution >= 0.6 is 0 Å². The van der Waals surface area contributed by atoms with Gasteiger partial charge in [-0.25, -0.2) is 4.99 Å². The molecule has 0 atom stereocenters. The van der Waals surface area contributed by atoms with Crippen molar-refractivity contribution in [3.8, 4) is 17.2 Å². The highest BCUT2D eigenvalue weighted by molar-refractivity contribution is 5.86. The summed E-state index contributed by atoms with van der Waals surface area (Å²) < 4.78 is 21.0. The lowest BCUT2D eigenvalue weighted by Crippen LogP contribution is -1.96. The second-order valence-corrected chi connectivity index (χ2v) is 4.41. The van der Waals surface area contributed by atoms with Crippen LogP contribution in [-0.2, 0) is 0 Å². The Hall–Kier alpha value is -2.50. The summed E-state index contributed by atoms with van der Waals surface area (Å²) in [7, 11) is 4.74. The zero-order chi connectivity index (χ0) is 15.4. The van der Waals surface area contributed by atoms with Gasteiger partial charge in [-0.05, 0) is 19.9 Å². The van der Waals surface area contributed by atoms with Crippen LogP contribution in [0.3, 0.4) is 0 Å². The van der Waals surface area contributed by atoms with Crippen LogP contribution in [-0.4, -0.2) is 32.7 Å². The van der Waals surface area contributed by atoms with Crippen LogP contribution in [0.4, 0.5) is 5.88 Å². The fourth-order valence-corrected chi connectivity index (χ4v) is 1.81. The van der Waals surface area contributed by atoms with Gasteiger partial charge in [0, 0.05) is 23.4 Å². The van der Waals surface area contributed by atoms with Crippen LogP contribution in [0.1, 0.15) is 16.8 Å². The molecule has 0 N–H and O–H groups in total. The van der Waals surface area contributed by atoms with Gasteiger partial charge in [0.2, 0.25) is 0 Å². The number of aliphatic imine (C=N–C) groups is 1. The number of hydrogen-bond donors (Lipinski definition) is 0. The van der Waals surface area contributed by atoms with Crippen LogP contribution in [0.2, 0.25) is 0 Å². The standard InChI is InChI=1S/C15H18N2O4/c1-9-10(2)17-21-15(9)16-8-11-6-13(19-4)14(20-5)7-12(11)18-3/h6-8H,1-5H3/b16-8+. The zero-order valence-corrected chi connectivity index (χ0v) is 12.8. The average molecular weight is 290 g/mol. The monoisotopic (exact) mass is 290 g/mol. The predicted molar refractivity (Wildman–Crippen MR) is 79.3 cm³/mol. The molecule has 0 saturated carbocycles. The summed E-state index contributed by atoms with van der Waals surface area (Å²) in [5.41, 5.74) is 2.48. The Bertz CT molecular complexity index is 662. The number of methoxy groups -OCH3 is 3. The molecule has 6 nitrogen and oxygen atoms in total. The molecular formula is C15H18N2O4. The summed E-state index contributed by atoms with van der Waals surface area (Å²) in [4.78, 5) is 4.31. The van der Waals surface area contributed by atoms with Gasteiger partial charge in [-0.2, -0.15) is 0 Å². The highest BCUT2D eigenvalue weighted by atomic mass is 16.5. The Kier molecular flexibility index (Phi) is 4.47. The normalized spacial score (nSPS) is 10.9. The molecule has 0 amide bonds. The third-order valence-corrected chi connectivity index (χ3v) is 3.19. The minimum absolute atomic E-state index is 0.476. The summed E-state index contributed by atoms with van der Waals surface area (Å²) in [6, 6.07) is 3.54. The number of aromatic nitrogens is 1. The molecule has 1 aromatic carbocycles. The second kappa shape index (κ2) is 6.30. The first-order valence-corrected chi connectivity index (χ1v) is 6.37. The van der Waals surface area contributed by atoms with Gasteiger partial charge < -0.3 is 18.7 Å². The van der Waals surface area contributed by atoms with Crippen LogP contribution in [0, 0.1) is 13.8 Å². The summed E-state index contributed by atoms with van der Waals surface area (Å²) in [5.74, 6) is 2.30. The van der Waals surface area contributed by atoms with Gasteiger partial charge in [-0.3, -0.25) is 0 Å². The first-order chi connectivity index (χ1) is 10.1. The SMILES string of the molecule is COc1cc(OC)c(OC)cc1/C=N/c1onc(C)c1C. The lowest BCUT2D eigenvalue weighted by Gasteiger charge is -2.11. The van der Waals surface area contributed by atoms with E-state index in [1.807, 2.05) is 13.8 Å². The van der Waals surface area contributed by atoms with E-state index in [0.29, 0.717) is 23.1 Å². The third-order valence-electron chi connectivity index (χ3n) is 3.19. The maximum atomic E-state index is 5.34. The van der Waals surface area contributed by atoms with Gasteiger partial charge >= 0.3 is 0 Å². The Morgan fingerprint density at radius 1 is 1.00 bits per heavy atom. The highest BCUT2D eigenvalue weighted by Gasteiger charge is 2.11. The van der Waals surface area contributed by atoms with Crippen molar-refractivity contribution in [1.82, 2.24) is 5.16 Å². The summed E-state index contributed by atoms with van der Waals surface area (Å²) in [5, 5.41) is 3.87. The summed E-state index contributed by atoms with van der Waals surface area (Å²) >= 11 is 0. The van der Waals surface area contributed by atoms with Crippen molar-refractivity contribution in [2.45, 2.75) is 13.8 Å². The van der Waals surface area contributed by atoms with Crippen molar-refractivity contribution >= 4 is 12.1 Å². The van der Waals surface area contributed by atoms with Gasteiger partial charge in [0.1, 0.15) is 5.75 Å². The molecule has 0 aliphatic carbocycles. The van der Waals surface area contributed by atoms with Gasteiger partial charge in [0.05, 0.1) is 27.0 Å². The van der Waals surface area contributed by atoms with E-state index in [1.165, 1.54) is 0 Å². The molecule has 1 heterocycles. The number of rotatable bonds is 5. The number of ether oxygens (including phenoxy) is 3. The number of aryl methyl sites for hydroxylation is 1. The fraction of sp³-hybridized carbons (Fsp3) is 0.333. The van der Waals surface area contributed by atoms with E-state index in [9.17, 15) is 0 Å². The Balaban J connectivity index is 2.41. The van der Waals surface area contributed by atoms with Gasteiger partial charge in [-0.1, -0.05) is 5.16 Å². The van der Waals surface area contributed by atoms with E-state index in [2.05, 4.69) is 10.1 Å². The van der Waals surface area contributed by atoms with E-state index in [4.69, 9.17) is 18.7 Å². The third kappa shape index (κ3) is 2.99. The quantitative estimate of drug-likeness (QED) is 0.792. The molecule has 2 aromatic rings. The molecule has 0 saturated heterocycles. The molecular weight excluding hydrogens is 272 g/mol. The number of benzene rings is 1. The first-order valence-electron chi connectivity index (χ1n) is 6.37. The maximum Gasteiger partial charge on any atom is 0.253 e. The van der Waals surface area contributed by atoms with E-state index in [1.54, 1.807) is 39.7 Å². The lowest BCUT2D eigenvalue weighted by molar-refractivity contribution is 0.349. The van der Waals surface area contributed by atoms with Crippen molar-refractivity contribution in [3.05, 3.63) is 29.0 Å². The van der Waals surface area contributed by atoms with Crippen molar-refractivity contribution in [2.75, 3.05) is 21.3 Å². The van der Waals surface area contributed by atoms with Crippen LogP contribution in [0.5, 0.6) is 17.2 Å². The van der Waals surface area contributed by atoms with Gasteiger partial charge in [-0.15, -0.1) is 0 Å². The van der Waals surface area contributed by atoms with E-state index < -0.39 is 0 Å². The molecule has 0 aliphatic rings. The molecule has 0 spiro atoms. The molecule has 6 heteroatoms. The first kappa shape index (κ1) is 14.9. The molecule has 0 radical (unpaired) electrons. The highest BCUT2D eigenvalue weighted by Crippen LogP contribution is 2.34. The predicted octanol–water partition coefficient (Wildman–Crippen LogP) is 3.07. The van der Waals surface area contributed by atoms with Gasteiger partial charge in [0.25, 0.3) is 5.88 Å². The Labute approximate surface area is 123 Å². The second-order valence-electron chi connectivity index (χ2n) is 4.41.